The highest BCUT2D eigenvalue weighted by molar-refractivity contribution is 6.30. The molecule has 33 heavy (non-hydrogen) atoms. The Balaban J connectivity index is 1.98. The van der Waals surface area contributed by atoms with Gasteiger partial charge in [0.05, 0.1) is 25.7 Å². The van der Waals surface area contributed by atoms with Gasteiger partial charge in [0, 0.05) is 10.7 Å². The average molecular weight is 466 g/mol. The third-order valence-corrected chi connectivity index (χ3v) is 5.88. The predicted octanol–water partition coefficient (Wildman–Crippen LogP) is 6.44. The molecule has 0 heterocycles. The summed E-state index contributed by atoms with van der Waals surface area (Å²) in [5, 5.41) is 3.67. The number of nitrogens with one attached hydrogen (secondary N) is 1. The predicted molar refractivity (Wildman–Crippen MR) is 131 cm³/mol. The van der Waals surface area contributed by atoms with Gasteiger partial charge in [-0.25, -0.2) is 4.79 Å². The van der Waals surface area contributed by atoms with Gasteiger partial charge < -0.3 is 14.8 Å². The van der Waals surface area contributed by atoms with E-state index in [0.29, 0.717) is 16.3 Å². The number of rotatable bonds is 9. The molecule has 6 heteroatoms. The van der Waals surface area contributed by atoms with Crippen LogP contribution in [0.5, 0.6) is 5.75 Å². The maximum absolute atomic E-state index is 13.6. The molecule has 1 N–H and O–H groups in total. The van der Waals surface area contributed by atoms with Gasteiger partial charge in [0.25, 0.3) is 0 Å². The van der Waals surface area contributed by atoms with E-state index in [1.807, 2.05) is 48.5 Å². The summed E-state index contributed by atoms with van der Waals surface area (Å²) in [4.78, 5) is 25.5. The lowest BCUT2D eigenvalue weighted by atomic mass is 9.78. The largest absolute Gasteiger partial charge is 0.497 e. The van der Waals surface area contributed by atoms with Gasteiger partial charge in [-0.2, -0.15) is 0 Å². The van der Waals surface area contributed by atoms with Crippen molar-refractivity contribution in [2.75, 3.05) is 19.5 Å². The van der Waals surface area contributed by atoms with Crippen LogP contribution in [0.25, 0.3) is 0 Å². The first-order chi connectivity index (χ1) is 16.0. The smallest absolute Gasteiger partial charge is 0.337 e. The molecule has 2 unspecified atom stereocenters. The Hall–Kier alpha value is -3.31. The van der Waals surface area contributed by atoms with Crippen LogP contribution >= 0.6 is 11.6 Å². The minimum absolute atomic E-state index is 0.0962. The number of halogens is 1. The third kappa shape index (κ3) is 6.14. The van der Waals surface area contributed by atoms with Gasteiger partial charge in [-0.15, -0.1) is 0 Å². The zero-order valence-electron chi connectivity index (χ0n) is 19.0. The number of methoxy groups -OCH3 is 2. The second kappa shape index (κ2) is 11.5. The minimum Gasteiger partial charge on any atom is -0.497 e. The fourth-order valence-corrected chi connectivity index (χ4v) is 4.08. The van der Waals surface area contributed by atoms with Crippen molar-refractivity contribution in [3.05, 3.63) is 94.5 Å². The Morgan fingerprint density at radius 3 is 2.03 bits per heavy atom. The molecule has 3 aromatic rings. The second-order valence-electron chi connectivity index (χ2n) is 7.76. The number of esters is 1. The second-order valence-corrected chi connectivity index (χ2v) is 8.19. The molecule has 1 amide bonds. The molecule has 0 aliphatic carbocycles. The summed E-state index contributed by atoms with van der Waals surface area (Å²) in [6, 6.07) is 21.9. The number of carbonyl (C=O) groups is 2. The molecule has 2 atom stereocenters. The fraction of sp³-hybridized carbons (Fsp3) is 0.259. The number of carbonyl (C=O) groups excluding carboxylic acids is 2. The van der Waals surface area contributed by atoms with E-state index >= 15 is 0 Å². The summed E-state index contributed by atoms with van der Waals surface area (Å²) in [6.45, 7) is 2.09. The summed E-state index contributed by atoms with van der Waals surface area (Å²) in [5.41, 5.74) is 3.02. The normalized spacial score (nSPS) is 12.5. The number of benzene rings is 3. The molecule has 5 nitrogen and oxygen atoms in total. The number of hydrogen-bond donors (Lipinski definition) is 1. The third-order valence-electron chi connectivity index (χ3n) is 5.63. The van der Waals surface area contributed by atoms with E-state index in [9.17, 15) is 9.59 Å². The summed E-state index contributed by atoms with van der Waals surface area (Å²) in [6.07, 6.45) is 1.68. The molecule has 0 saturated carbocycles. The van der Waals surface area contributed by atoms with Crippen LogP contribution in [0.4, 0.5) is 5.69 Å². The number of hydrogen-bond acceptors (Lipinski definition) is 4. The lowest BCUT2D eigenvalue weighted by Gasteiger charge is -2.27. The molecule has 0 saturated heterocycles. The lowest BCUT2D eigenvalue weighted by Crippen LogP contribution is -2.27. The van der Waals surface area contributed by atoms with Gasteiger partial charge in [0.15, 0.2) is 0 Å². The Kier molecular flexibility index (Phi) is 8.50. The zero-order chi connectivity index (χ0) is 23.8. The van der Waals surface area contributed by atoms with Gasteiger partial charge in [-0.3, -0.25) is 4.79 Å². The van der Waals surface area contributed by atoms with E-state index in [0.717, 1.165) is 29.7 Å². The molecule has 0 aliphatic rings. The van der Waals surface area contributed by atoms with E-state index in [4.69, 9.17) is 21.1 Å². The molecule has 3 rings (SSSR count). The van der Waals surface area contributed by atoms with Crippen LogP contribution < -0.4 is 10.1 Å². The van der Waals surface area contributed by atoms with Gasteiger partial charge in [-0.05, 0) is 72.0 Å². The first-order valence-electron chi connectivity index (χ1n) is 10.9. The first kappa shape index (κ1) is 24.3. The number of amides is 1. The Labute approximate surface area is 199 Å². The quantitative estimate of drug-likeness (QED) is 0.369. The molecule has 0 radical (unpaired) electrons. The molecule has 3 aromatic carbocycles. The molecular formula is C27H28ClNO4. The van der Waals surface area contributed by atoms with Crippen LogP contribution in [0.3, 0.4) is 0 Å². The fourth-order valence-electron chi connectivity index (χ4n) is 3.95. The topological polar surface area (TPSA) is 64.6 Å². The van der Waals surface area contributed by atoms with E-state index < -0.39 is 5.92 Å². The van der Waals surface area contributed by atoms with E-state index in [1.54, 1.807) is 31.4 Å². The van der Waals surface area contributed by atoms with Crippen molar-refractivity contribution < 1.29 is 19.1 Å². The van der Waals surface area contributed by atoms with Crippen molar-refractivity contribution in [2.24, 2.45) is 0 Å². The maximum Gasteiger partial charge on any atom is 0.337 e. The van der Waals surface area contributed by atoms with Crippen molar-refractivity contribution >= 4 is 29.2 Å². The van der Waals surface area contributed by atoms with E-state index in [1.165, 1.54) is 7.11 Å². The van der Waals surface area contributed by atoms with Gasteiger partial charge in [0.1, 0.15) is 5.75 Å². The summed E-state index contributed by atoms with van der Waals surface area (Å²) in [5.74, 6) is -0.329. The average Bonchev–Trinajstić information content (AvgIpc) is 2.85. The minimum atomic E-state index is -0.451. The highest BCUT2D eigenvalue weighted by Gasteiger charge is 2.31. The summed E-state index contributed by atoms with van der Waals surface area (Å²) in [7, 11) is 2.96. The van der Waals surface area contributed by atoms with E-state index in [-0.39, 0.29) is 17.8 Å². The summed E-state index contributed by atoms with van der Waals surface area (Å²) >= 11 is 6.12. The molecule has 0 bridgehead atoms. The van der Waals surface area contributed by atoms with Gasteiger partial charge >= 0.3 is 5.97 Å². The van der Waals surface area contributed by atoms with Crippen molar-refractivity contribution in [1.29, 1.82) is 0 Å². The summed E-state index contributed by atoms with van der Waals surface area (Å²) < 4.78 is 10.0. The van der Waals surface area contributed by atoms with Crippen molar-refractivity contribution in [3.8, 4) is 5.75 Å². The Morgan fingerprint density at radius 2 is 1.48 bits per heavy atom. The molecule has 0 fully saturated rings. The molecule has 0 aliphatic heterocycles. The SMILES string of the molecule is CCCC(c1ccc(C(=O)OC)cc1)C(C(=O)Nc1ccc(OC)cc1)c1ccc(Cl)cc1. The highest BCUT2D eigenvalue weighted by Crippen LogP contribution is 2.38. The Bertz CT molecular complexity index is 1060. The monoisotopic (exact) mass is 465 g/mol. The molecule has 0 spiro atoms. The van der Waals surface area contributed by atoms with Crippen molar-refractivity contribution in [1.82, 2.24) is 0 Å². The number of ether oxygens (including phenoxy) is 2. The lowest BCUT2D eigenvalue weighted by molar-refractivity contribution is -0.118. The Morgan fingerprint density at radius 1 is 0.879 bits per heavy atom. The molecule has 0 aromatic heterocycles. The number of anilines is 1. The van der Waals surface area contributed by atoms with Crippen molar-refractivity contribution in [3.63, 3.8) is 0 Å². The molecule has 172 valence electrons. The van der Waals surface area contributed by atoms with Crippen LogP contribution in [0, 0.1) is 0 Å². The van der Waals surface area contributed by atoms with Crippen LogP contribution in [0.2, 0.25) is 5.02 Å². The van der Waals surface area contributed by atoms with E-state index in [2.05, 4.69) is 12.2 Å². The van der Waals surface area contributed by atoms with Crippen LogP contribution in [-0.4, -0.2) is 26.1 Å². The van der Waals surface area contributed by atoms with Crippen LogP contribution in [0.1, 0.15) is 53.1 Å². The zero-order valence-corrected chi connectivity index (χ0v) is 19.8. The maximum atomic E-state index is 13.6. The van der Waals surface area contributed by atoms with Crippen molar-refractivity contribution in [2.45, 2.75) is 31.6 Å². The molecular weight excluding hydrogens is 438 g/mol. The van der Waals surface area contributed by atoms with Gasteiger partial charge in [0.2, 0.25) is 5.91 Å². The highest BCUT2D eigenvalue weighted by atomic mass is 35.5. The van der Waals surface area contributed by atoms with Crippen LogP contribution in [0.15, 0.2) is 72.8 Å². The van der Waals surface area contributed by atoms with Gasteiger partial charge in [-0.1, -0.05) is 49.2 Å². The first-order valence-corrected chi connectivity index (χ1v) is 11.2. The standard InChI is InChI=1S/C27H28ClNO4/c1-4-5-24(18-6-8-20(9-7-18)27(31)33-3)25(19-10-12-21(28)13-11-19)26(30)29-22-14-16-23(32-2)17-15-22/h6-17,24-25H,4-5H2,1-3H3,(H,29,30). The van der Waals surface area contributed by atoms with Crippen LogP contribution in [-0.2, 0) is 9.53 Å².